The highest BCUT2D eigenvalue weighted by Crippen LogP contribution is 2.35. The van der Waals surface area contributed by atoms with Gasteiger partial charge in [-0.1, -0.05) is 48.7 Å². The Bertz CT molecular complexity index is 661. The van der Waals surface area contributed by atoms with E-state index >= 15 is 0 Å². The largest absolute Gasteiger partial charge is 0.374 e. The van der Waals surface area contributed by atoms with Crippen LogP contribution in [0.2, 0.25) is 5.15 Å². The van der Waals surface area contributed by atoms with Gasteiger partial charge >= 0.3 is 0 Å². The maximum atomic E-state index is 6.19. The molecule has 4 rings (SSSR count). The fourth-order valence-electron chi connectivity index (χ4n) is 3.63. The molecular weight excluding hydrogens is 286 g/mol. The zero-order chi connectivity index (χ0) is 14.2. The highest BCUT2D eigenvalue weighted by atomic mass is 35.5. The van der Waals surface area contributed by atoms with Gasteiger partial charge < -0.3 is 9.64 Å². The van der Waals surface area contributed by atoms with Gasteiger partial charge in [-0.25, -0.2) is 0 Å². The molecule has 1 aliphatic heterocycles. The quantitative estimate of drug-likeness (QED) is 0.809. The van der Waals surface area contributed by atoms with Gasteiger partial charge in [-0.15, -0.1) is 10.2 Å². The Labute approximate surface area is 129 Å². The van der Waals surface area contributed by atoms with Crippen LogP contribution in [0.25, 0.3) is 10.8 Å². The van der Waals surface area contributed by atoms with Gasteiger partial charge in [0.25, 0.3) is 0 Å². The van der Waals surface area contributed by atoms with Crippen molar-refractivity contribution in [3.8, 4) is 0 Å². The zero-order valence-electron chi connectivity index (χ0n) is 11.8. The van der Waals surface area contributed by atoms with Gasteiger partial charge in [-0.05, 0) is 12.8 Å². The van der Waals surface area contributed by atoms with Gasteiger partial charge in [0.15, 0.2) is 11.0 Å². The van der Waals surface area contributed by atoms with E-state index in [1.807, 2.05) is 18.2 Å². The molecule has 21 heavy (non-hydrogen) atoms. The number of halogens is 1. The monoisotopic (exact) mass is 303 g/mol. The summed E-state index contributed by atoms with van der Waals surface area (Å²) in [7, 11) is 0. The molecule has 1 aliphatic carbocycles. The first-order valence-corrected chi connectivity index (χ1v) is 8.01. The SMILES string of the molecule is Clc1nnc(N2CCOC3CCCCC32)c2ccccc12. The predicted molar refractivity (Wildman–Crippen MR) is 83.9 cm³/mol. The zero-order valence-corrected chi connectivity index (χ0v) is 12.6. The van der Waals surface area contributed by atoms with E-state index in [9.17, 15) is 0 Å². The van der Waals surface area contributed by atoms with E-state index in [1.165, 1.54) is 19.3 Å². The highest BCUT2D eigenvalue weighted by Gasteiger charge is 2.35. The minimum absolute atomic E-state index is 0.337. The molecule has 0 amide bonds. The van der Waals surface area contributed by atoms with Gasteiger partial charge in [0, 0.05) is 17.3 Å². The summed E-state index contributed by atoms with van der Waals surface area (Å²) >= 11 is 6.19. The Kier molecular flexibility index (Phi) is 3.43. The first-order valence-electron chi connectivity index (χ1n) is 7.64. The Hall–Kier alpha value is -1.39. The van der Waals surface area contributed by atoms with Crippen molar-refractivity contribution in [1.82, 2.24) is 10.2 Å². The Morgan fingerprint density at radius 1 is 1.10 bits per heavy atom. The van der Waals surface area contributed by atoms with E-state index < -0.39 is 0 Å². The summed E-state index contributed by atoms with van der Waals surface area (Å²) < 4.78 is 5.95. The van der Waals surface area contributed by atoms with Crippen molar-refractivity contribution in [3.63, 3.8) is 0 Å². The van der Waals surface area contributed by atoms with Crippen LogP contribution in [0.4, 0.5) is 5.82 Å². The number of hydrogen-bond acceptors (Lipinski definition) is 4. The Balaban J connectivity index is 1.80. The minimum atomic E-state index is 0.337. The van der Waals surface area contributed by atoms with Crippen LogP contribution >= 0.6 is 11.6 Å². The van der Waals surface area contributed by atoms with E-state index in [0.29, 0.717) is 17.3 Å². The van der Waals surface area contributed by atoms with E-state index in [0.717, 1.165) is 36.2 Å². The number of hydrogen-bond donors (Lipinski definition) is 0. The fourth-order valence-corrected chi connectivity index (χ4v) is 3.83. The molecule has 1 aromatic carbocycles. The standard InChI is InChI=1S/C16H18ClN3O/c17-15-11-5-1-2-6-12(11)16(19-18-15)20-9-10-21-14-8-4-3-7-13(14)20/h1-2,5-6,13-14H,3-4,7-10H2. The van der Waals surface area contributed by atoms with Crippen molar-refractivity contribution in [3.05, 3.63) is 29.4 Å². The van der Waals surface area contributed by atoms with Crippen LogP contribution in [-0.2, 0) is 4.74 Å². The molecule has 5 heteroatoms. The fraction of sp³-hybridized carbons (Fsp3) is 0.500. The number of rotatable bonds is 1. The van der Waals surface area contributed by atoms with E-state index in [1.54, 1.807) is 0 Å². The second-order valence-electron chi connectivity index (χ2n) is 5.81. The molecule has 2 aliphatic rings. The van der Waals surface area contributed by atoms with Crippen LogP contribution in [0.1, 0.15) is 25.7 Å². The molecular formula is C16H18ClN3O. The summed E-state index contributed by atoms with van der Waals surface area (Å²) in [6.07, 6.45) is 5.19. The first-order chi connectivity index (χ1) is 10.3. The van der Waals surface area contributed by atoms with E-state index in [2.05, 4.69) is 21.2 Å². The lowest BCUT2D eigenvalue weighted by atomic mass is 9.90. The molecule has 2 fully saturated rings. The first kappa shape index (κ1) is 13.3. The normalized spacial score (nSPS) is 25.9. The number of ether oxygens (including phenoxy) is 1. The van der Waals surface area contributed by atoms with Gasteiger partial charge in [-0.2, -0.15) is 0 Å². The Morgan fingerprint density at radius 3 is 2.81 bits per heavy atom. The van der Waals surface area contributed by atoms with Crippen molar-refractivity contribution in [2.45, 2.75) is 37.8 Å². The van der Waals surface area contributed by atoms with Crippen molar-refractivity contribution in [2.75, 3.05) is 18.1 Å². The van der Waals surface area contributed by atoms with Gasteiger partial charge in [0.05, 0.1) is 18.8 Å². The molecule has 2 unspecified atom stereocenters. The number of anilines is 1. The maximum Gasteiger partial charge on any atom is 0.159 e. The van der Waals surface area contributed by atoms with Crippen molar-refractivity contribution in [1.29, 1.82) is 0 Å². The van der Waals surface area contributed by atoms with Crippen LogP contribution in [0.3, 0.4) is 0 Å². The molecule has 1 saturated carbocycles. The molecule has 4 nitrogen and oxygen atoms in total. The van der Waals surface area contributed by atoms with Gasteiger partial charge in [-0.3, -0.25) is 0 Å². The molecule has 0 N–H and O–H groups in total. The number of aromatic nitrogens is 2. The number of benzene rings is 1. The molecule has 1 saturated heterocycles. The van der Waals surface area contributed by atoms with Crippen LogP contribution in [0.15, 0.2) is 24.3 Å². The van der Waals surface area contributed by atoms with Gasteiger partial charge in [0.2, 0.25) is 0 Å². The summed E-state index contributed by atoms with van der Waals surface area (Å²) in [4.78, 5) is 2.39. The average Bonchev–Trinajstić information content (AvgIpc) is 2.55. The van der Waals surface area contributed by atoms with Gasteiger partial charge in [0.1, 0.15) is 0 Å². The second-order valence-corrected chi connectivity index (χ2v) is 6.17. The minimum Gasteiger partial charge on any atom is -0.374 e. The third kappa shape index (κ3) is 2.27. The Morgan fingerprint density at radius 2 is 1.90 bits per heavy atom. The average molecular weight is 304 g/mol. The summed E-state index contributed by atoms with van der Waals surface area (Å²) in [5.41, 5.74) is 0. The van der Waals surface area contributed by atoms with E-state index in [-0.39, 0.29) is 0 Å². The lowest BCUT2D eigenvalue weighted by molar-refractivity contribution is -0.00892. The van der Waals surface area contributed by atoms with Crippen LogP contribution in [0.5, 0.6) is 0 Å². The van der Waals surface area contributed by atoms with Crippen molar-refractivity contribution in [2.24, 2.45) is 0 Å². The summed E-state index contributed by atoms with van der Waals surface area (Å²) in [5, 5.41) is 11.1. The van der Waals surface area contributed by atoms with Crippen LogP contribution in [-0.4, -0.2) is 35.5 Å². The predicted octanol–water partition coefficient (Wildman–Crippen LogP) is 3.43. The molecule has 2 heterocycles. The molecule has 0 bridgehead atoms. The number of morpholine rings is 1. The lowest BCUT2D eigenvalue weighted by Crippen LogP contribution is -2.53. The van der Waals surface area contributed by atoms with Crippen LogP contribution in [0, 0.1) is 0 Å². The topological polar surface area (TPSA) is 38.2 Å². The van der Waals surface area contributed by atoms with Crippen molar-refractivity contribution >= 4 is 28.2 Å². The van der Waals surface area contributed by atoms with E-state index in [4.69, 9.17) is 16.3 Å². The van der Waals surface area contributed by atoms with Crippen molar-refractivity contribution < 1.29 is 4.74 Å². The molecule has 2 aromatic rings. The third-order valence-electron chi connectivity index (χ3n) is 4.63. The molecule has 0 spiro atoms. The lowest BCUT2D eigenvalue weighted by Gasteiger charge is -2.44. The molecule has 110 valence electrons. The van der Waals surface area contributed by atoms with Crippen LogP contribution < -0.4 is 4.90 Å². The highest BCUT2D eigenvalue weighted by molar-refractivity contribution is 6.34. The second kappa shape index (κ2) is 5.43. The summed E-state index contributed by atoms with van der Waals surface area (Å²) in [6, 6.07) is 8.53. The molecule has 1 aromatic heterocycles. The third-order valence-corrected chi connectivity index (χ3v) is 4.91. The molecule has 0 radical (unpaired) electrons. The molecule has 2 atom stereocenters. The smallest absolute Gasteiger partial charge is 0.159 e. The summed E-state index contributed by atoms with van der Waals surface area (Å²) in [5.74, 6) is 0.954. The number of nitrogens with zero attached hydrogens (tertiary/aromatic N) is 3. The maximum absolute atomic E-state index is 6.19. The summed E-state index contributed by atoms with van der Waals surface area (Å²) in [6.45, 7) is 1.64. The number of fused-ring (bicyclic) bond motifs is 2.